The summed E-state index contributed by atoms with van der Waals surface area (Å²) in [7, 11) is 0. The zero-order valence-electron chi connectivity index (χ0n) is 12.9. The Labute approximate surface area is 135 Å². The number of hydrogen-bond acceptors (Lipinski definition) is 6. The van der Waals surface area contributed by atoms with Crippen molar-refractivity contribution in [1.82, 2.24) is 0 Å². The molecular formula is C17H22N2O4. The number of nitrogens with two attached hydrogens (primary N) is 1. The van der Waals surface area contributed by atoms with E-state index in [-0.39, 0.29) is 26.4 Å². The number of ether oxygens (including phenoxy) is 2. The molecule has 0 aliphatic carbocycles. The Hall–Kier alpha value is -2.44. The van der Waals surface area contributed by atoms with Gasteiger partial charge in [0.2, 0.25) is 0 Å². The summed E-state index contributed by atoms with van der Waals surface area (Å²) in [5, 5.41) is 20.9. The van der Waals surface area contributed by atoms with Gasteiger partial charge in [0.1, 0.15) is 24.7 Å². The molecule has 0 aliphatic heterocycles. The van der Waals surface area contributed by atoms with Crippen molar-refractivity contribution in [3.63, 3.8) is 0 Å². The highest BCUT2D eigenvalue weighted by molar-refractivity contribution is 5.63. The summed E-state index contributed by atoms with van der Waals surface area (Å²) < 4.78 is 10.8. The van der Waals surface area contributed by atoms with Gasteiger partial charge >= 0.3 is 0 Å². The van der Waals surface area contributed by atoms with Crippen LogP contribution in [0.3, 0.4) is 0 Å². The lowest BCUT2D eigenvalue weighted by molar-refractivity contribution is 0.201. The van der Waals surface area contributed by atoms with Crippen molar-refractivity contribution >= 4 is 11.4 Å². The molecule has 0 bridgehead atoms. The average Bonchev–Trinajstić information content (AvgIpc) is 2.58. The Balaban J connectivity index is 1.98. The van der Waals surface area contributed by atoms with Crippen molar-refractivity contribution in [1.29, 1.82) is 0 Å². The van der Waals surface area contributed by atoms with Gasteiger partial charge in [-0.15, -0.1) is 0 Å². The third-order valence-corrected chi connectivity index (χ3v) is 3.12. The number of benzene rings is 2. The first kappa shape index (κ1) is 16.9. The van der Waals surface area contributed by atoms with E-state index >= 15 is 0 Å². The molecule has 6 nitrogen and oxygen atoms in total. The number of hydrogen-bond donors (Lipinski definition) is 4. The van der Waals surface area contributed by atoms with E-state index in [1.807, 2.05) is 24.3 Å². The maximum Gasteiger partial charge on any atom is 0.142 e. The summed E-state index contributed by atoms with van der Waals surface area (Å²) in [5.41, 5.74) is 8.29. The first-order chi connectivity index (χ1) is 11.2. The molecule has 0 saturated carbocycles. The molecular weight excluding hydrogens is 296 g/mol. The van der Waals surface area contributed by atoms with Gasteiger partial charge in [0.05, 0.1) is 18.9 Å². The predicted molar refractivity (Wildman–Crippen MR) is 89.8 cm³/mol. The molecule has 0 heterocycles. The SMILES string of the molecule is Nc1ccc(OCCO)c(NCc2ccc(OCCO)cc2)c1. The van der Waals surface area contributed by atoms with Crippen LogP contribution in [0.4, 0.5) is 11.4 Å². The van der Waals surface area contributed by atoms with E-state index in [4.69, 9.17) is 25.4 Å². The van der Waals surface area contributed by atoms with Gasteiger partial charge in [-0.25, -0.2) is 0 Å². The number of aliphatic hydroxyl groups excluding tert-OH is 2. The standard InChI is InChI=1S/C17H22N2O4/c18-14-3-6-17(23-10-8-21)16(11-14)19-12-13-1-4-15(5-2-13)22-9-7-20/h1-6,11,19-21H,7-10,12,18H2. The van der Waals surface area contributed by atoms with Crippen LogP contribution in [-0.2, 0) is 6.54 Å². The van der Waals surface area contributed by atoms with Crippen molar-refractivity contribution in [3.8, 4) is 11.5 Å². The van der Waals surface area contributed by atoms with Gasteiger partial charge in [0.25, 0.3) is 0 Å². The first-order valence-electron chi connectivity index (χ1n) is 7.42. The highest BCUT2D eigenvalue weighted by Gasteiger charge is 2.05. The van der Waals surface area contributed by atoms with Crippen LogP contribution in [0.15, 0.2) is 42.5 Å². The number of nitrogens with one attached hydrogen (secondary N) is 1. The highest BCUT2D eigenvalue weighted by Crippen LogP contribution is 2.27. The van der Waals surface area contributed by atoms with Crippen LogP contribution in [0.2, 0.25) is 0 Å². The second kappa shape index (κ2) is 8.87. The monoisotopic (exact) mass is 318 g/mol. The molecule has 0 saturated heterocycles. The van der Waals surface area contributed by atoms with Crippen LogP contribution in [-0.4, -0.2) is 36.6 Å². The zero-order chi connectivity index (χ0) is 16.5. The summed E-state index contributed by atoms with van der Waals surface area (Å²) in [6, 6.07) is 12.9. The lowest BCUT2D eigenvalue weighted by Gasteiger charge is -2.14. The van der Waals surface area contributed by atoms with Crippen LogP contribution in [0.1, 0.15) is 5.56 Å². The van der Waals surface area contributed by atoms with Crippen molar-refractivity contribution in [2.45, 2.75) is 6.54 Å². The molecule has 0 radical (unpaired) electrons. The molecule has 124 valence electrons. The Morgan fingerprint density at radius 3 is 2.30 bits per heavy atom. The maximum absolute atomic E-state index is 8.87. The molecule has 2 rings (SSSR count). The fraction of sp³-hybridized carbons (Fsp3) is 0.294. The Morgan fingerprint density at radius 2 is 1.61 bits per heavy atom. The largest absolute Gasteiger partial charge is 0.491 e. The van der Waals surface area contributed by atoms with E-state index in [1.165, 1.54) is 0 Å². The third kappa shape index (κ3) is 5.36. The molecule has 0 unspecified atom stereocenters. The van der Waals surface area contributed by atoms with Crippen LogP contribution in [0.5, 0.6) is 11.5 Å². The molecule has 0 atom stereocenters. The second-order valence-corrected chi connectivity index (χ2v) is 4.90. The zero-order valence-corrected chi connectivity index (χ0v) is 12.9. The minimum absolute atomic E-state index is 0.00461. The quantitative estimate of drug-likeness (QED) is 0.525. The van der Waals surface area contributed by atoms with Gasteiger partial charge in [-0.1, -0.05) is 12.1 Å². The fourth-order valence-corrected chi connectivity index (χ4v) is 2.03. The van der Waals surface area contributed by atoms with Crippen molar-refractivity contribution < 1.29 is 19.7 Å². The molecule has 6 heteroatoms. The van der Waals surface area contributed by atoms with Crippen molar-refractivity contribution in [2.24, 2.45) is 0 Å². The molecule has 0 amide bonds. The van der Waals surface area contributed by atoms with Gasteiger partial charge < -0.3 is 30.7 Å². The van der Waals surface area contributed by atoms with Crippen LogP contribution < -0.4 is 20.5 Å². The fourth-order valence-electron chi connectivity index (χ4n) is 2.03. The molecule has 0 aliphatic rings. The van der Waals surface area contributed by atoms with E-state index in [0.29, 0.717) is 18.0 Å². The Morgan fingerprint density at radius 1 is 0.913 bits per heavy atom. The first-order valence-corrected chi connectivity index (χ1v) is 7.42. The number of nitrogen functional groups attached to an aromatic ring is 1. The lowest BCUT2D eigenvalue weighted by atomic mass is 10.2. The minimum atomic E-state index is -0.0425. The Kier molecular flexibility index (Phi) is 6.53. The molecule has 2 aromatic rings. The Bertz CT molecular complexity index is 602. The summed E-state index contributed by atoms with van der Waals surface area (Å²) in [4.78, 5) is 0. The van der Waals surface area contributed by atoms with Gasteiger partial charge in [0.15, 0.2) is 0 Å². The molecule has 0 fully saturated rings. The summed E-state index contributed by atoms with van der Waals surface area (Å²) >= 11 is 0. The van der Waals surface area contributed by atoms with Crippen molar-refractivity contribution in [2.75, 3.05) is 37.5 Å². The van der Waals surface area contributed by atoms with Crippen LogP contribution in [0, 0.1) is 0 Å². The molecule has 0 aromatic heterocycles. The molecule has 2 aromatic carbocycles. The smallest absolute Gasteiger partial charge is 0.142 e. The second-order valence-electron chi connectivity index (χ2n) is 4.90. The van der Waals surface area contributed by atoms with E-state index in [0.717, 1.165) is 17.0 Å². The number of aliphatic hydroxyl groups is 2. The normalized spacial score (nSPS) is 10.3. The van der Waals surface area contributed by atoms with E-state index in [9.17, 15) is 0 Å². The number of rotatable bonds is 9. The predicted octanol–water partition coefficient (Wildman–Crippen LogP) is 1.62. The third-order valence-electron chi connectivity index (χ3n) is 3.12. The highest BCUT2D eigenvalue weighted by atomic mass is 16.5. The summed E-state index contributed by atoms with van der Waals surface area (Å²) in [6.45, 7) is 1.07. The summed E-state index contributed by atoms with van der Waals surface area (Å²) in [5.74, 6) is 1.37. The van der Waals surface area contributed by atoms with Gasteiger partial charge in [-0.3, -0.25) is 0 Å². The maximum atomic E-state index is 8.87. The topological polar surface area (TPSA) is 97.0 Å². The average molecular weight is 318 g/mol. The van der Waals surface area contributed by atoms with Crippen LogP contribution in [0.25, 0.3) is 0 Å². The van der Waals surface area contributed by atoms with Crippen molar-refractivity contribution in [3.05, 3.63) is 48.0 Å². The minimum Gasteiger partial charge on any atom is -0.491 e. The molecule has 5 N–H and O–H groups in total. The van der Waals surface area contributed by atoms with E-state index < -0.39 is 0 Å². The summed E-state index contributed by atoms with van der Waals surface area (Å²) in [6.07, 6.45) is 0. The molecule has 0 spiro atoms. The molecule has 23 heavy (non-hydrogen) atoms. The lowest BCUT2D eigenvalue weighted by Crippen LogP contribution is -2.06. The van der Waals surface area contributed by atoms with Gasteiger partial charge in [0, 0.05) is 12.2 Å². The van der Waals surface area contributed by atoms with Gasteiger partial charge in [-0.2, -0.15) is 0 Å². The number of anilines is 2. The van der Waals surface area contributed by atoms with Gasteiger partial charge in [-0.05, 0) is 35.9 Å². The van der Waals surface area contributed by atoms with E-state index in [1.54, 1.807) is 18.2 Å². The van der Waals surface area contributed by atoms with E-state index in [2.05, 4.69) is 5.32 Å². The van der Waals surface area contributed by atoms with Crippen LogP contribution >= 0.6 is 0 Å².